The Morgan fingerprint density at radius 3 is 2.16 bits per heavy atom. The molecule has 166 valence electrons. The highest BCUT2D eigenvalue weighted by atomic mass is 16.5. The van der Waals surface area contributed by atoms with Crippen molar-refractivity contribution in [2.45, 2.75) is 13.8 Å². The summed E-state index contributed by atoms with van der Waals surface area (Å²) in [5, 5.41) is 5.12. The standard InChI is InChI=1S/C22H26N2O7/c1-13-7-6-8-16(14(13)2)24-19(25)12-31-20(26)11-23-22(27)15-9-17(28-3)21(30-5)18(10-15)29-4/h6-10H,11-12H2,1-5H3,(H,23,27)(H,24,25). The van der Waals surface area contributed by atoms with E-state index in [1.807, 2.05) is 26.0 Å². The molecule has 0 unspecified atom stereocenters. The van der Waals surface area contributed by atoms with Crippen LogP contribution in [0, 0.1) is 13.8 Å². The van der Waals surface area contributed by atoms with Gasteiger partial charge in [0, 0.05) is 11.3 Å². The highest BCUT2D eigenvalue weighted by Gasteiger charge is 2.18. The number of rotatable bonds is 9. The van der Waals surface area contributed by atoms with Gasteiger partial charge >= 0.3 is 5.97 Å². The summed E-state index contributed by atoms with van der Waals surface area (Å²) in [6, 6.07) is 8.43. The zero-order valence-corrected chi connectivity index (χ0v) is 18.2. The Balaban J connectivity index is 1.89. The van der Waals surface area contributed by atoms with Gasteiger partial charge in [-0.15, -0.1) is 0 Å². The molecular formula is C22H26N2O7. The van der Waals surface area contributed by atoms with Crippen LogP contribution in [0.2, 0.25) is 0 Å². The third-order valence-corrected chi connectivity index (χ3v) is 4.56. The first kappa shape index (κ1) is 23.5. The van der Waals surface area contributed by atoms with Crippen molar-refractivity contribution in [3.05, 3.63) is 47.0 Å². The van der Waals surface area contributed by atoms with Crippen molar-refractivity contribution >= 4 is 23.5 Å². The minimum atomic E-state index is -0.753. The molecule has 0 aliphatic heterocycles. The van der Waals surface area contributed by atoms with Crippen LogP contribution < -0.4 is 24.8 Å². The van der Waals surface area contributed by atoms with Crippen molar-refractivity contribution in [1.29, 1.82) is 0 Å². The largest absolute Gasteiger partial charge is 0.493 e. The maximum atomic E-state index is 12.4. The number of methoxy groups -OCH3 is 3. The zero-order chi connectivity index (χ0) is 23.0. The van der Waals surface area contributed by atoms with Gasteiger partial charge in [0.05, 0.1) is 21.3 Å². The molecule has 2 rings (SSSR count). The molecule has 31 heavy (non-hydrogen) atoms. The first-order chi connectivity index (χ1) is 14.8. The zero-order valence-electron chi connectivity index (χ0n) is 18.2. The van der Waals surface area contributed by atoms with E-state index in [1.165, 1.54) is 33.5 Å². The minimum absolute atomic E-state index is 0.204. The molecule has 0 radical (unpaired) electrons. The van der Waals surface area contributed by atoms with Crippen LogP contribution >= 0.6 is 0 Å². The van der Waals surface area contributed by atoms with Gasteiger partial charge in [0.2, 0.25) is 5.75 Å². The van der Waals surface area contributed by atoms with Gasteiger partial charge in [0.1, 0.15) is 6.54 Å². The number of hydrogen-bond donors (Lipinski definition) is 2. The van der Waals surface area contributed by atoms with Crippen molar-refractivity contribution in [3.63, 3.8) is 0 Å². The molecule has 0 fully saturated rings. The fourth-order valence-corrected chi connectivity index (χ4v) is 2.74. The molecule has 9 heteroatoms. The van der Waals surface area contributed by atoms with E-state index >= 15 is 0 Å². The van der Waals surface area contributed by atoms with Crippen molar-refractivity contribution in [1.82, 2.24) is 5.32 Å². The van der Waals surface area contributed by atoms with Crippen LogP contribution in [0.15, 0.2) is 30.3 Å². The molecule has 2 aromatic rings. The van der Waals surface area contributed by atoms with Gasteiger partial charge in [-0.05, 0) is 43.2 Å². The topological polar surface area (TPSA) is 112 Å². The maximum Gasteiger partial charge on any atom is 0.325 e. The lowest BCUT2D eigenvalue weighted by molar-refractivity contribution is -0.146. The van der Waals surface area contributed by atoms with E-state index in [9.17, 15) is 14.4 Å². The number of amides is 2. The summed E-state index contributed by atoms with van der Waals surface area (Å²) in [6.07, 6.45) is 0. The van der Waals surface area contributed by atoms with E-state index in [0.29, 0.717) is 22.9 Å². The third-order valence-electron chi connectivity index (χ3n) is 4.56. The van der Waals surface area contributed by atoms with Crippen LogP contribution in [-0.4, -0.2) is 52.3 Å². The first-order valence-electron chi connectivity index (χ1n) is 9.40. The SMILES string of the molecule is COc1cc(C(=O)NCC(=O)OCC(=O)Nc2cccc(C)c2C)cc(OC)c1OC. The van der Waals surface area contributed by atoms with E-state index in [0.717, 1.165) is 11.1 Å². The van der Waals surface area contributed by atoms with Gasteiger partial charge < -0.3 is 29.6 Å². The molecule has 0 saturated carbocycles. The highest BCUT2D eigenvalue weighted by molar-refractivity contribution is 5.97. The van der Waals surface area contributed by atoms with E-state index < -0.39 is 30.9 Å². The number of carbonyl (C=O) groups is 3. The molecule has 0 bridgehead atoms. The maximum absolute atomic E-state index is 12.4. The van der Waals surface area contributed by atoms with E-state index in [4.69, 9.17) is 18.9 Å². The van der Waals surface area contributed by atoms with Crippen LogP contribution in [0.1, 0.15) is 21.5 Å². The third kappa shape index (κ3) is 6.11. The first-order valence-corrected chi connectivity index (χ1v) is 9.40. The van der Waals surface area contributed by atoms with Gasteiger partial charge in [-0.25, -0.2) is 0 Å². The molecule has 0 aliphatic rings. The Morgan fingerprint density at radius 1 is 0.935 bits per heavy atom. The number of benzene rings is 2. The molecule has 0 atom stereocenters. The Bertz CT molecular complexity index is 947. The molecule has 0 heterocycles. The van der Waals surface area contributed by atoms with Crippen molar-refractivity contribution < 1.29 is 33.3 Å². The second-order valence-corrected chi connectivity index (χ2v) is 6.55. The predicted molar refractivity (Wildman–Crippen MR) is 114 cm³/mol. The highest BCUT2D eigenvalue weighted by Crippen LogP contribution is 2.38. The van der Waals surface area contributed by atoms with Gasteiger partial charge in [0.15, 0.2) is 18.1 Å². The smallest absolute Gasteiger partial charge is 0.325 e. The molecule has 0 saturated heterocycles. The quantitative estimate of drug-likeness (QED) is 0.587. The number of anilines is 1. The van der Waals surface area contributed by atoms with Gasteiger partial charge in [0.25, 0.3) is 11.8 Å². The van der Waals surface area contributed by atoms with Gasteiger partial charge in [-0.1, -0.05) is 12.1 Å². The minimum Gasteiger partial charge on any atom is -0.493 e. The fourth-order valence-electron chi connectivity index (χ4n) is 2.74. The summed E-state index contributed by atoms with van der Waals surface area (Å²) in [4.78, 5) is 36.3. The van der Waals surface area contributed by atoms with Crippen LogP contribution in [0.4, 0.5) is 5.69 Å². The fraction of sp³-hybridized carbons (Fsp3) is 0.318. The second kappa shape index (κ2) is 10.9. The van der Waals surface area contributed by atoms with Crippen molar-refractivity contribution in [2.75, 3.05) is 39.8 Å². The van der Waals surface area contributed by atoms with E-state index in [-0.39, 0.29) is 5.56 Å². The Hall–Kier alpha value is -3.75. The summed E-state index contributed by atoms with van der Waals surface area (Å²) in [5.41, 5.74) is 2.82. The normalized spacial score (nSPS) is 10.1. The molecule has 2 amide bonds. The molecule has 0 aromatic heterocycles. The Labute approximate surface area is 180 Å². The molecular weight excluding hydrogens is 404 g/mol. The van der Waals surface area contributed by atoms with E-state index in [1.54, 1.807) is 6.07 Å². The lowest BCUT2D eigenvalue weighted by Crippen LogP contribution is -2.32. The summed E-state index contributed by atoms with van der Waals surface area (Å²) in [7, 11) is 4.31. The summed E-state index contributed by atoms with van der Waals surface area (Å²) in [6.45, 7) is 2.94. The van der Waals surface area contributed by atoms with Crippen LogP contribution in [0.5, 0.6) is 17.2 Å². The Morgan fingerprint density at radius 2 is 1.58 bits per heavy atom. The lowest BCUT2D eigenvalue weighted by Gasteiger charge is -2.14. The summed E-state index contributed by atoms with van der Waals surface area (Å²) in [5.74, 6) is -0.822. The number of esters is 1. The monoisotopic (exact) mass is 430 g/mol. The van der Waals surface area contributed by atoms with Crippen molar-refractivity contribution in [2.24, 2.45) is 0 Å². The van der Waals surface area contributed by atoms with Gasteiger partial charge in [-0.3, -0.25) is 14.4 Å². The van der Waals surface area contributed by atoms with Crippen molar-refractivity contribution in [3.8, 4) is 17.2 Å². The molecule has 0 spiro atoms. The van der Waals surface area contributed by atoms with Gasteiger partial charge in [-0.2, -0.15) is 0 Å². The number of ether oxygens (including phenoxy) is 4. The Kier molecular flexibility index (Phi) is 8.25. The number of aryl methyl sites for hydroxylation is 1. The van der Waals surface area contributed by atoms with Crippen LogP contribution in [-0.2, 0) is 14.3 Å². The summed E-state index contributed by atoms with van der Waals surface area (Å²) >= 11 is 0. The number of hydrogen-bond acceptors (Lipinski definition) is 7. The van der Waals surface area contributed by atoms with E-state index in [2.05, 4.69) is 10.6 Å². The average molecular weight is 430 g/mol. The second-order valence-electron chi connectivity index (χ2n) is 6.55. The average Bonchev–Trinajstić information content (AvgIpc) is 2.77. The summed E-state index contributed by atoms with van der Waals surface area (Å²) < 4.78 is 20.5. The van der Waals surface area contributed by atoms with Crippen LogP contribution in [0.25, 0.3) is 0 Å². The molecule has 9 nitrogen and oxygen atoms in total. The molecule has 2 N–H and O–H groups in total. The number of carbonyl (C=O) groups excluding carboxylic acids is 3. The molecule has 2 aromatic carbocycles. The predicted octanol–water partition coefficient (Wildman–Crippen LogP) is 2.24. The number of nitrogens with one attached hydrogen (secondary N) is 2. The lowest BCUT2D eigenvalue weighted by atomic mass is 10.1. The van der Waals surface area contributed by atoms with Crippen LogP contribution in [0.3, 0.4) is 0 Å². The molecule has 0 aliphatic carbocycles.